The maximum atomic E-state index is 14.4. The van der Waals surface area contributed by atoms with E-state index in [1.165, 1.54) is 13.2 Å². The van der Waals surface area contributed by atoms with E-state index in [0.29, 0.717) is 41.8 Å². The number of benzene rings is 1. The number of amides is 1. The first kappa shape index (κ1) is 22.0. The summed E-state index contributed by atoms with van der Waals surface area (Å²) in [5.74, 6) is 0.540. The number of pyridine rings is 1. The third-order valence-corrected chi connectivity index (χ3v) is 9.29. The second-order valence-electron chi connectivity index (χ2n) is 8.21. The summed E-state index contributed by atoms with van der Waals surface area (Å²) in [6.07, 6.45) is 4.49. The first-order valence-corrected chi connectivity index (χ1v) is 13.6. The first-order chi connectivity index (χ1) is 16.1. The van der Waals surface area contributed by atoms with Gasteiger partial charge in [-0.1, -0.05) is 0 Å². The second kappa shape index (κ2) is 9.20. The molecule has 33 heavy (non-hydrogen) atoms. The molecule has 1 aromatic carbocycles. The summed E-state index contributed by atoms with van der Waals surface area (Å²) in [6.45, 7) is 3.44. The Bertz CT molecular complexity index is 1200. The number of anilines is 2. The average molecular weight is 563 g/mol. The van der Waals surface area contributed by atoms with E-state index in [-0.39, 0.29) is 36.8 Å². The molecule has 2 aromatic heterocycles. The number of halogens is 2. The molecule has 1 amide bonds. The summed E-state index contributed by atoms with van der Waals surface area (Å²) in [5.41, 5.74) is 4.07. The Labute approximate surface area is 201 Å². The number of carbonyl (C=O) groups excluding carboxylic acids is 1. The van der Waals surface area contributed by atoms with Crippen LogP contribution in [0.15, 0.2) is 36.7 Å². The zero-order chi connectivity index (χ0) is 22.9. The van der Waals surface area contributed by atoms with Gasteiger partial charge in [-0.15, -0.1) is 0 Å². The number of aromatic nitrogens is 2. The summed E-state index contributed by atoms with van der Waals surface area (Å²) < 4.78 is 27.3. The SMILES string of the molecule is COc1c(F)cccc1Nc1c2[nH]c3c1C(=O)NCC3[I-]CCC(C)COc1cnccc1-2. The van der Waals surface area contributed by atoms with Crippen molar-refractivity contribution >= 4 is 17.3 Å². The Morgan fingerprint density at radius 1 is 1.33 bits per heavy atom. The molecule has 2 unspecified atom stereocenters. The standard InChI is InChI=1S/C24H25FIN4O3/c1-13-6-8-26-16-10-28-24(31)19-21(16)30-20(14-7-9-27-11-18(14)33-12-13)22(19)29-17-5-3-4-15(25)23(17)32-2/h3-5,7,9,11,13,16,29-30H,6,8,10,12H2,1-2H3,(H,28,31)/q-1. The van der Waals surface area contributed by atoms with Crippen molar-refractivity contribution in [2.45, 2.75) is 17.3 Å². The molecule has 174 valence electrons. The van der Waals surface area contributed by atoms with Crippen LogP contribution in [-0.2, 0) is 0 Å². The van der Waals surface area contributed by atoms with Gasteiger partial charge < -0.3 is 0 Å². The fraction of sp³-hybridized carbons (Fsp3) is 0.333. The van der Waals surface area contributed by atoms with Crippen LogP contribution >= 0.6 is 0 Å². The van der Waals surface area contributed by atoms with Crippen molar-refractivity contribution in [1.82, 2.24) is 15.3 Å². The number of alkyl halides is 2. The number of aromatic amines is 1. The summed E-state index contributed by atoms with van der Waals surface area (Å²) in [7, 11) is 1.43. The molecule has 2 aliphatic rings. The predicted molar refractivity (Wildman–Crippen MR) is 119 cm³/mol. The number of carbonyl (C=O) groups is 1. The van der Waals surface area contributed by atoms with Crippen LogP contribution in [0.5, 0.6) is 11.5 Å². The Balaban J connectivity index is 1.72. The first-order valence-electron chi connectivity index (χ1n) is 10.8. The molecule has 2 aliphatic heterocycles. The number of H-pyrrole nitrogens is 1. The van der Waals surface area contributed by atoms with Gasteiger partial charge in [-0.2, -0.15) is 0 Å². The van der Waals surface area contributed by atoms with Crippen LogP contribution in [0.25, 0.3) is 11.3 Å². The van der Waals surface area contributed by atoms with Crippen LogP contribution in [0.2, 0.25) is 0 Å². The molecule has 7 nitrogen and oxygen atoms in total. The molecular weight excluding hydrogens is 538 g/mol. The molecule has 3 aromatic rings. The fourth-order valence-electron chi connectivity index (χ4n) is 4.17. The third-order valence-electron chi connectivity index (χ3n) is 5.92. The number of ether oxygens (including phenoxy) is 2. The van der Waals surface area contributed by atoms with Gasteiger partial charge in [-0.05, 0) is 0 Å². The van der Waals surface area contributed by atoms with Gasteiger partial charge >= 0.3 is 202 Å². The Hall–Kier alpha value is -2.82. The van der Waals surface area contributed by atoms with E-state index < -0.39 is 5.82 Å². The number of nitrogens with one attached hydrogen (secondary N) is 3. The summed E-state index contributed by atoms with van der Waals surface area (Å²) >= 11 is -0.195. The molecule has 0 saturated carbocycles. The Kier molecular flexibility index (Phi) is 6.13. The monoisotopic (exact) mass is 563 g/mol. The molecule has 0 saturated heterocycles. The van der Waals surface area contributed by atoms with E-state index in [1.54, 1.807) is 24.5 Å². The summed E-state index contributed by atoms with van der Waals surface area (Å²) in [4.78, 5) is 20.9. The topological polar surface area (TPSA) is 88.3 Å². The molecule has 0 spiro atoms. The maximum absolute atomic E-state index is 14.4. The molecule has 4 heterocycles. The molecule has 5 rings (SSSR count). The van der Waals surface area contributed by atoms with E-state index in [2.05, 4.69) is 27.5 Å². The van der Waals surface area contributed by atoms with Gasteiger partial charge in [0.2, 0.25) is 0 Å². The molecular formula is C24H25FIN4O3-. The van der Waals surface area contributed by atoms with Gasteiger partial charge in [0, 0.05) is 0 Å². The van der Waals surface area contributed by atoms with Gasteiger partial charge in [-0.3, -0.25) is 0 Å². The van der Waals surface area contributed by atoms with E-state index in [1.807, 2.05) is 6.07 Å². The zero-order valence-corrected chi connectivity index (χ0v) is 20.5. The second-order valence-corrected chi connectivity index (χ2v) is 11.7. The molecule has 0 fully saturated rings. The number of hydrogen-bond acceptors (Lipinski definition) is 5. The van der Waals surface area contributed by atoms with Crippen molar-refractivity contribution in [3.05, 3.63) is 53.7 Å². The Morgan fingerprint density at radius 3 is 3.06 bits per heavy atom. The van der Waals surface area contributed by atoms with Crippen molar-refractivity contribution in [3.8, 4) is 22.8 Å². The average Bonchev–Trinajstić information content (AvgIpc) is 3.19. The van der Waals surface area contributed by atoms with Gasteiger partial charge in [0.1, 0.15) is 0 Å². The molecule has 3 N–H and O–H groups in total. The third kappa shape index (κ3) is 4.14. The minimum absolute atomic E-state index is 0.0940. The van der Waals surface area contributed by atoms with Crippen molar-refractivity contribution in [1.29, 1.82) is 0 Å². The number of fused-ring (bicyclic) bond motifs is 3. The van der Waals surface area contributed by atoms with E-state index >= 15 is 0 Å². The van der Waals surface area contributed by atoms with Crippen LogP contribution < -0.4 is 41.3 Å². The number of nitrogens with zero attached hydrogens (tertiary/aromatic N) is 1. The quantitative estimate of drug-likeness (QED) is 0.330. The fourth-order valence-corrected chi connectivity index (χ4v) is 7.78. The number of hydrogen-bond donors (Lipinski definition) is 3. The number of para-hydroxylation sites is 1. The number of methoxy groups -OCH3 is 1. The molecule has 0 aliphatic carbocycles. The van der Waals surface area contributed by atoms with Crippen molar-refractivity contribution in [2.75, 3.05) is 30.0 Å². The van der Waals surface area contributed by atoms with E-state index in [4.69, 9.17) is 9.47 Å². The van der Waals surface area contributed by atoms with Gasteiger partial charge in [-0.25, -0.2) is 0 Å². The molecule has 9 heteroatoms. The normalized spacial score (nSPS) is 20.2. The van der Waals surface area contributed by atoms with E-state index in [9.17, 15) is 9.18 Å². The van der Waals surface area contributed by atoms with Gasteiger partial charge in [0.05, 0.1) is 0 Å². The molecule has 2 atom stereocenters. The van der Waals surface area contributed by atoms with Gasteiger partial charge in [0.25, 0.3) is 0 Å². The zero-order valence-electron chi connectivity index (χ0n) is 18.4. The summed E-state index contributed by atoms with van der Waals surface area (Å²) in [5, 5.41) is 6.37. The minimum atomic E-state index is -0.477. The van der Waals surface area contributed by atoms with Crippen molar-refractivity contribution < 1.29 is 39.9 Å². The molecule has 2 bridgehead atoms. The Morgan fingerprint density at radius 2 is 2.21 bits per heavy atom. The molecule has 0 radical (unpaired) electrons. The van der Waals surface area contributed by atoms with Gasteiger partial charge in [0.15, 0.2) is 0 Å². The van der Waals surface area contributed by atoms with Crippen LogP contribution in [0.1, 0.15) is 33.3 Å². The van der Waals surface area contributed by atoms with Crippen LogP contribution in [0.4, 0.5) is 15.8 Å². The van der Waals surface area contributed by atoms with Crippen molar-refractivity contribution in [2.24, 2.45) is 5.92 Å². The van der Waals surface area contributed by atoms with Crippen LogP contribution in [0.3, 0.4) is 0 Å². The number of rotatable bonds is 3. The summed E-state index contributed by atoms with van der Waals surface area (Å²) in [6, 6.07) is 6.56. The van der Waals surface area contributed by atoms with Crippen molar-refractivity contribution in [3.63, 3.8) is 0 Å². The predicted octanol–water partition coefficient (Wildman–Crippen LogP) is 1.26. The van der Waals surface area contributed by atoms with Crippen LogP contribution in [0, 0.1) is 11.7 Å². The van der Waals surface area contributed by atoms with Crippen LogP contribution in [-0.4, -0.2) is 40.6 Å². The van der Waals surface area contributed by atoms with E-state index in [0.717, 1.165) is 27.8 Å².